The molecule has 2 aromatic rings. The van der Waals surface area contributed by atoms with Gasteiger partial charge in [-0.05, 0) is 43.2 Å². The molecule has 0 unspecified atom stereocenters. The van der Waals surface area contributed by atoms with Gasteiger partial charge in [-0.25, -0.2) is 0 Å². The number of aromatic hydroxyl groups is 1. The maximum Gasteiger partial charge on any atom is 0.258 e. The predicted molar refractivity (Wildman–Crippen MR) is 104 cm³/mol. The van der Waals surface area contributed by atoms with E-state index < -0.39 is 0 Å². The molecule has 0 spiro atoms. The van der Waals surface area contributed by atoms with Crippen LogP contribution >= 0.6 is 15.9 Å². The molecule has 130 valence electrons. The molecule has 1 amide bonds. The number of benzene rings is 2. The van der Waals surface area contributed by atoms with Gasteiger partial charge in [0.05, 0.1) is 12.3 Å². The van der Waals surface area contributed by atoms with Gasteiger partial charge in [0.15, 0.2) is 11.5 Å². The Morgan fingerprint density at radius 2 is 2.00 bits per heavy atom. The summed E-state index contributed by atoms with van der Waals surface area (Å²) in [4.78, 5) is 14.7. The molecule has 0 aliphatic carbocycles. The predicted octanol–water partition coefficient (Wildman–Crippen LogP) is 4.85. The molecular formula is C20H20BrNO3. The molecule has 3 rings (SSSR count). The molecule has 0 saturated carbocycles. The normalized spacial score (nSPS) is 14.9. The van der Waals surface area contributed by atoms with Crippen LogP contribution in [0.3, 0.4) is 0 Å². The average molecular weight is 402 g/mol. The van der Waals surface area contributed by atoms with Crippen LogP contribution in [0.2, 0.25) is 0 Å². The summed E-state index contributed by atoms with van der Waals surface area (Å²) < 4.78 is 6.17. The van der Waals surface area contributed by atoms with Crippen molar-refractivity contribution in [3.63, 3.8) is 0 Å². The number of phenolic OH excluding ortho intramolecular Hbond substituents is 1. The Morgan fingerprint density at radius 1 is 1.24 bits per heavy atom. The summed E-state index contributed by atoms with van der Waals surface area (Å²) in [5.41, 5.74) is 3.31. The molecule has 1 aliphatic rings. The fourth-order valence-corrected chi connectivity index (χ4v) is 3.43. The third-order valence-electron chi connectivity index (χ3n) is 4.09. The van der Waals surface area contributed by atoms with Crippen molar-refractivity contribution in [1.82, 2.24) is 0 Å². The van der Waals surface area contributed by atoms with Crippen molar-refractivity contribution in [2.45, 2.75) is 20.3 Å². The number of hydrogen-bond donors (Lipinski definition) is 1. The van der Waals surface area contributed by atoms with Crippen LogP contribution in [0.5, 0.6) is 11.5 Å². The van der Waals surface area contributed by atoms with Gasteiger partial charge in [0.1, 0.15) is 0 Å². The van der Waals surface area contributed by atoms with Crippen molar-refractivity contribution in [1.29, 1.82) is 0 Å². The van der Waals surface area contributed by atoms with Gasteiger partial charge in [0, 0.05) is 22.2 Å². The number of phenols is 1. The summed E-state index contributed by atoms with van der Waals surface area (Å²) in [6.07, 6.45) is 2.74. The number of anilines is 1. The number of halogens is 1. The number of fused-ring (bicyclic) bond motifs is 1. The second kappa shape index (κ2) is 7.31. The molecule has 4 nitrogen and oxygen atoms in total. The van der Waals surface area contributed by atoms with Gasteiger partial charge in [-0.1, -0.05) is 41.1 Å². The van der Waals surface area contributed by atoms with Crippen LogP contribution in [0, 0.1) is 0 Å². The second-order valence-corrected chi connectivity index (χ2v) is 6.66. The van der Waals surface area contributed by atoms with Crippen LogP contribution in [0.4, 0.5) is 5.69 Å². The molecule has 0 atom stereocenters. The number of ether oxygens (including phenoxy) is 1. The first-order valence-electron chi connectivity index (χ1n) is 8.35. The quantitative estimate of drug-likeness (QED) is 0.728. The molecule has 5 heteroatoms. The Labute approximate surface area is 155 Å². The maximum atomic E-state index is 12.9. The Morgan fingerprint density at radius 3 is 2.72 bits per heavy atom. The standard InChI is InChI=1S/C20H20BrNO3/c1-3-9-22-17-8-6-5-7-14(17)15(20(22)24)10-13-11-19(25-4-2)18(23)12-16(13)21/h5-8,10-12,23H,3-4,9H2,1-2H3/b15-10-. The minimum Gasteiger partial charge on any atom is -0.504 e. The van der Waals surface area contributed by atoms with Gasteiger partial charge in [0.25, 0.3) is 5.91 Å². The number of nitrogens with zero attached hydrogens (tertiary/aromatic N) is 1. The Kier molecular flexibility index (Phi) is 5.13. The lowest BCUT2D eigenvalue weighted by Gasteiger charge is -2.15. The van der Waals surface area contributed by atoms with Crippen LogP contribution in [-0.2, 0) is 4.79 Å². The number of amides is 1. The summed E-state index contributed by atoms with van der Waals surface area (Å²) in [7, 11) is 0. The topological polar surface area (TPSA) is 49.8 Å². The van der Waals surface area contributed by atoms with Gasteiger partial charge >= 0.3 is 0 Å². The lowest BCUT2D eigenvalue weighted by molar-refractivity contribution is -0.113. The number of carbonyl (C=O) groups excluding carboxylic acids is 1. The SMILES string of the molecule is CCCN1C(=O)/C(=C\c2cc(OCC)c(O)cc2Br)c2ccccc21. The van der Waals surface area contributed by atoms with Crippen molar-refractivity contribution >= 4 is 39.2 Å². The molecule has 0 saturated heterocycles. The highest BCUT2D eigenvalue weighted by Crippen LogP contribution is 2.40. The van der Waals surface area contributed by atoms with Crippen LogP contribution in [0.25, 0.3) is 11.6 Å². The minimum absolute atomic E-state index is 0.000912. The lowest BCUT2D eigenvalue weighted by atomic mass is 10.0. The first-order valence-corrected chi connectivity index (χ1v) is 9.14. The first-order chi connectivity index (χ1) is 12.1. The van der Waals surface area contributed by atoms with E-state index in [1.54, 1.807) is 12.1 Å². The van der Waals surface area contributed by atoms with E-state index in [0.717, 1.165) is 23.2 Å². The van der Waals surface area contributed by atoms with E-state index in [4.69, 9.17) is 4.74 Å². The van der Waals surface area contributed by atoms with Gasteiger partial charge in [-0.2, -0.15) is 0 Å². The lowest BCUT2D eigenvalue weighted by Crippen LogP contribution is -2.26. The van der Waals surface area contributed by atoms with Gasteiger partial charge in [0.2, 0.25) is 0 Å². The van der Waals surface area contributed by atoms with E-state index in [2.05, 4.69) is 22.9 Å². The summed E-state index contributed by atoms with van der Waals surface area (Å²) in [6, 6.07) is 11.2. The summed E-state index contributed by atoms with van der Waals surface area (Å²) in [6.45, 7) is 5.06. The summed E-state index contributed by atoms with van der Waals surface area (Å²) in [5, 5.41) is 9.98. The van der Waals surface area contributed by atoms with E-state index in [1.165, 1.54) is 0 Å². The number of rotatable bonds is 5. The van der Waals surface area contributed by atoms with Crippen molar-refractivity contribution in [3.05, 3.63) is 52.0 Å². The largest absolute Gasteiger partial charge is 0.504 e. The molecule has 2 aromatic carbocycles. The van der Waals surface area contributed by atoms with Crippen LogP contribution in [-0.4, -0.2) is 24.2 Å². The van der Waals surface area contributed by atoms with Gasteiger partial charge in [-0.15, -0.1) is 0 Å². The third-order valence-corrected chi connectivity index (χ3v) is 4.77. The zero-order valence-electron chi connectivity index (χ0n) is 14.3. The molecular weight excluding hydrogens is 382 g/mol. The van der Waals surface area contributed by atoms with E-state index in [9.17, 15) is 9.90 Å². The second-order valence-electron chi connectivity index (χ2n) is 5.81. The maximum absolute atomic E-state index is 12.9. The number of para-hydroxylation sites is 1. The number of hydrogen-bond acceptors (Lipinski definition) is 3. The fourth-order valence-electron chi connectivity index (χ4n) is 2.99. The smallest absolute Gasteiger partial charge is 0.258 e. The average Bonchev–Trinajstić information content (AvgIpc) is 2.85. The zero-order valence-corrected chi connectivity index (χ0v) is 15.8. The highest BCUT2D eigenvalue weighted by atomic mass is 79.9. The molecule has 1 N–H and O–H groups in total. The first kappa shape index (κ1) is 17.5. The van der Waals surface area contributed by atoms with Crippen molar-refractivity contribution in [2.75, 3.05) is 18.1 Å². The molecule has 0 radical (unpaired) electrons. The molecule has 0 bridgehead atoms. The van der Waals surface area contributed by atoms with E-state index in [1.807, 2.05) is 42.2 Å². The Bertz CT molecular complexity index is 845. The molecule has 1 aliphatic heterocycles. The van der Waals surface area contributed by atoms with Crippen molar-refractivity contribution in [3.8, 4) is 11.5 Å². The summed E-state index contributed by atoms with van der Waals surface area (Å²) >= 11 is 3.46. The monoisotopic (exact) mass is 401 g/mol. The molecule has 1 heterocycles. The molecule has 0 fully saturated rings. The van der Waals surface area contributed by atoms with Crippen molar-refractivity contribution in [2.24, 2.45) is 0 Å². The Hall–Kier alpha value is -2.27. The minimum atomic E-state index is 0.000912. The highest BCUT2D eigenvalue weighted by molar-refractivity contribution is 9.10. The van der Waals surface area contributed by atoms with Crippen LogP contribution in [0.1, 0.15) is 31.4 Å². The van der Waals surface area contributed by atoms with Crippen LogP contribution in [0.15, 0.2) is 40.9 Å². The zero-order chi connectivity index (χ0) is 18.0. The molecule has 0 aromatic heterocycles. The summed E-state index contributed by atoms with van der Waals surface area (Å²) in [5.74, 6) is 0.476. The van der Waals surface area contributed by atoms with E-state index in [0.29, 0.717) is 28.9 Å². The fraction of sp³-hybridized carbons (Fsp3) is 0.250. The van der Waals surface area contributed by atoms with Gasteiger partial charge < -0.3 is 14.7 Å². The third kappa shape index (κ3) is 3.29. The highest BCUT2D eigenvalue weighted by Gasteiger charge is 2.31. The Balaban J connectivity index is 2.10. The number of carbonyl (C=O) groups is 1. The molecule has 25 heavy (non-hydrogen) atoms. The van der Waals surface area contributed by atoms with Crippen molar-refractivity contribution < 1.29 is 14.6 Å². The van der Waals surface area contributed by atoms with Gasteiger partial charge in [-0.3, -0.25) is 4.79 Å². The van der Waals surface area contributed by atoms with E-state index >= 15 is 0 Å². The van der Waals surface area contributed by atoms with E-state index in [-0.39, 0.29) is 11.7 Å². The van der Waals surface area contributed by atoms with Crippen LogP contribution < -0.4 is 9.64 Å².